The van der Waals surface area contributed by atoms with Crippen LogP contribution in [0.15, 0.2) is 18.2 Å². The van der Waals surface area contributed by atoms with Crippen LogP contribution < -0.4 is 10.1 Å². The van der Waals surface area contributed by atoms with Crippen molar-refractivity contribution in [2.45, 2.75) is 25.5 Å². The number of amides is 1. The Morgan fingerprint density at radius 3 is 2.87 bits per heavy atom. The highest BCUT2D eigenvalue weighted by molar-refractivity contribution is 5.94. The van der Waals surface area contributed by atoms with Crippen LogP contribution in [0.25, 0.3) is 0 Å². The summed E-state index contributed by atoms with van der Waals surface area (Å²) in [6.07, 6.45) is 0.169. The van der Waals surface area contributed by atoms with Crippen molar-refractivity contribution in [2.75, 3.05) is 26.9 Å². The van der Waals surface area contributed by atoms with Crippen molar-refractivity contribution in [1.82, 2.24) is 5.32 Å². The maximum absolute atomic E-state index is 12.4. The molecule has 7 nitrogen and oxygen atoms in total. The minimum Gasteiger partial charge on any atom is -0.496 e. The second-order valence-electron chi connectivity index (χ2n) is 5.37. The highest BCUT2D eigenvalue weighted by Gasteiger charge is 2.29. The molecule has 0 aliphatic carbocycles. The Morgan fingerprint density at radius 1 is 1.43 bits per heavy atom. The predicted octanol–water partition coefficient (Wildman–Crippen LogP) is 0.992. The number of rotatable bonds is 6. The highest BCUT2D eigenvalue weighted by Crippen LogP contribution is 2.19. The van der Waals surface area contributed by atoms with Crippen molar-refractivity contribution < 1.29 is 28.9 Å². The van der Waals surface area contributed by atoms with Gasteiger partial charge in [-0.2, -0.15) is 0 Å². The van der Waals surface area contributed by atoms with Gasteiger partial charge < -0.3 is 24.6 Å². The third kappa shape index (κ3) is 4.67. The molecule has 1 amide bonds. The van der Waals surface area contributed by atoms with Gasteiger partial charge in [-0.15, -0.1) is 0 Å². The van der Waals surface area contributed by atoms with Crippen LogP contribution in [0, 0.1) is 6.92 Å². The van der Waals surface area contributed by atoms with Crippen molar-refractivity contribution in [3.63, 3.8) is 0 Å². The molecular formula is C16H21NO6. The zero-order chi connectivity index (χ0) is 16.8. The summed E-state index contributed by atoms with van der Waals surface area (Å²) in [6, 6.07) is 4.78. The van der Waals surface area contributed by atoms with Gasteiger partial charge in [-0.05, 0) is 37.1 Å². The number of methoxy groups -OCH3 is 1. The van der Waals surface area contributed by atoms with Crippen LogP contribution in [0.4, 0.5) is 0 Å². The average molecular weight is 323 g/mol. The highest BCUT2D eigenvalue weighted by atomic mass is 16.5. The quantitative estimate of drug-likeness (QED) is 0.811. The summed E-state index contributed by atoms with van der Waals surface area (Å²) in [5.41, 5.74) is 1.37. The van der Waals surface area contributed by atoms with Gasteiger partial charge in [-0.3, -0.25) is 4.79 Å². The van der Waals surface area contributed by atoms with E-state index in [1.807, 2.05) is 6.92 Å². The van der Waals surface area contributed by atoms with Crippen LogP contribution in [-0.2, 0) is 14.3 Å². The first-order valence-electron chi connectivity index (χ1n) is 7.38. The number of carbonyl (C=O) groups is 2. The average Bonchev–Trinajstić information content (AvgIpc) is 2.53. The number of hydrogen-bond donors (Lipinski definition) is 2. The van der Waals surface area contributed by atoms with Gasteiger partial charge in [0.2, 0.25) is 0 Å². The normalized spacial score (nSPS) is 20.8. The third-order valence-corrected chi connectivity index (χ3v) is 3.69. The third-order valence-electron chi connectivity index (χ3n) is 3.69. The molecule has 23 heavy (non-hydrogen) atoms. The Morgan fingerprint density at radius 2 is 2.22 bits per heavy atom. The van der Waals surface area contributed by atoms with Gasteiger partial charge in [-0.25, -0.2) is 4.79 Å². The minimum atomic E-state index is -1.03. The second kappa shape index (κ2) is 7.94. The first-order chi connectivity index (χ1) is 11.0. The van der Waals surface area contributed by atoms with Crippen molar-refractivity contribution >= 4 is 11.9 Å². The van der Waals surface area contributed by atoms with E-state index in [2.05, 4.69) is 5.32 Å². The Hall–Kier alpha value is -2.12. The van der Waals surface area contributed by atoms with E-state index < -0.39 is 12.6 Å². The van der Waals surface area contributed by atoms with E-state index in [0.717, 1.165) is 5.56 Å². The molecule has 126 valence electrons. The van der Waals surface area contributed by atoms with E-state index in [-0.39, 0.29) is 18.1 Å². The maximum atomic E-state index is 12.4. The van der Waals surface area contributed by atoms with Gasteiger partial charge in [0.25, 0.3) is 5.91 Å². The van der Waals surface area contributed by atoms with E-state index in [4.69, 9.17) is 19.3 Å². The van der Waals surface area contributed by atoms with E-state index in [9.17, 15) is 9.59 Å². The van der Waals surface area contributed by atoms with Crippen molar-refractivity contribution in [1.29, 1.82) is 0 Å². The smallest absolute Gasteiger partial charge is 0.329 e. The number of carbonyl (C=O) groups excluding carboxylic acids is 1. The lowest BCUT2D eigenvalue weighted by Crippen LogP contribution is -2.51. The summed E-state index contributed by atoms with van der Waals surface area (Å²) in [5, 5.41) is 11.6. The number of aliphatic carboxylic acids is 1. The summed E-state index contributed by atoms with van der Waals surface area (Å²) in [5.74, 6) is -0.576. The zero-order valence-electron chi connectivity index (χ0n) is 13.2. The molecule has 0 aromatic heterocycles. The molecule has 1 aromatic carbocycles. The zero-order valence-corrected chi connectivity index (χ0v) is 13.2. The van der Waals surface area contributed by atoms with Gasteiger partial charge in [0.05, 0.1) is 25.9 Å². The van der Waals surface area contributed by atoms with Crippen LogP contribution >= 0.6 is 0 Å². The fourth-order valence-electron chi connectivity index (χ4n) is 2.50. The molecule has 1 saturated heterocycles. The number of carboxylic acid groups (broad SMARTS) is 1. The Bertz CT molecular complexity index is 574. The summed E-state index contributed by atoms with van der Waals surface area (Å²) in [6.45, 7) is 2.25. The van der Waals surface area contributed by atoms with E-state index >= 15 is 0 Å². The molecule has 7 heteroatoms. The first-order valence-corrected chi connectivity index (χ1v) is 7.38. The second-order valence-corrected chi connectivity index (χ2v) is 5.37. The van der Waals surface area contributed by atoms with Gasteiger partial charge in [0, 0.05) is 12.2 Å². The molecule has 1 aromatic rings. The van der Waals surface area contributed by atoms with Crippen LogP contribution in [-0.4, -0.2) is 56.1 Å². The molecule has 2 N–H and O–H groups in total. The van der Waals surface area contributed by atoms with Crippen molar-refractivity contribution in [2.24, 2.45) is 0 Å². The van der Waals surface area contributed by atoms with Crippen LogP contribution in [0.3, 0.4) is 0 Å². The predicted molar refractivity (Wildman–Crippen MR) is 81.8 cm³/mol. The maximum Gasteiger partial charge on any atom is 0.329 e. The lowest BCUT2D eigenvalue weighted by Gasteiger charge is -2.31. The lowest BCUT2D eigenvalue weighted by molar-refractivity contribution is -0.147. The summed E-state index contributed by atoms with van der Waals surface area (Å²) in [7, 11) is 1.58. The summed E-state index contributed by atoms with van der Waals surface area (Å²) < 4.78 is 15.9. The molecule has 1 fully saturated rings. The van der Waals surface area contributed by atoms with Crippen LogP contribution in [0.1, 0.15) is 22.3 Å². The monoisotopic (exact) mass is 323 g/mol. The fourth-order valence-corrected chi connectivity index (χ4v) is 2.50. The fraction of sp³-hybridized carbons (Fsp3) is 0.500. The number of benzene rings is 1. The van der Waals surface area contributed by atoms with E-state index in [1.165, 1.54) is 0 Å². The first kappa shape index (κ1) is 17.2. The number of ether oxygens (including phenoxy) is 3. The van der Waals surface area contributed by atoms with Crippen LogP contribution in [0.5, 0.6) is 5.75 Å². The summed E-state index contributed by atoms with van der Waals surface area (Å²) >= 11 is 0. The molecule has 2 rings (SSSR count). The van der Waals surface area contributed by atoms with Crippen LogP contribution in [0.2, 0.25) is 0 Å². The van der Waals surface area contributed by atoms with E-state index in [0.29, 0.717) is 30.9 Å². The number of aryl methyl sites for hydroxylation is 1. The van der Waals surface area contributed by atoms with Gasteiger partial charge in [0.1, 0.15) is 12.4 Å². The molecule has 0 spiro atoms. The molecule has 1 heterocycles. The molecule has 1 aliphatic heterocycles. The number of nitrogens with one attached hydrogen (secondary N) is 1. The Balaban J connectivity index is 2.01. The Kier molecular flexibility index (Phi) is 5.95. The SMILES string of the molecule is COc1ccc(C(=O)N[C@@H]2COCC[C@@H]2OCC(=O)O)cc1C. The molecule has 0 unspecified atom stereocenters. The molecule has 1 aliphatic rings. The molecule has 0 bridgehead atoms. The largest absolute Gasteiger partial charge is 0.496 e. The summed E-state index contributed by atoms with van der Waals surface area (Å²) in [4.78, 5) is 23.0. The van der Waals surface area contributed by atoms with Crippen molar-refractivity contribution in [3.8, 4) is 5.75 Å². The van der Waals surface area contributed by atoms with E-state index in [1.54, 1.807) is 25.3 Å². The molecular weight excluding hydrogens is 302 g/mol. The number of hydrogen-bond acceptors (Lipinski definition) is 5. The Labute approximate surface area is 134 Å². The van der Waals surface area contributed by atoms with Gasteiger partial charge in [0.15, 0.2) is 0 Å². The van der Waals surface area contributed by atoms with Crippen molar-refractivity contribution in [3.05, 3.63) is 29.3 Å². The molecule has 2 atom stereocenters. The lowest BCUT2D eigenvalue weighted by atomic mass is 10.0. The molecule has 0 saturated carbocycles. The topological polar surface area (TPSA) is 94.1 Å². The standard InChI is InChI=1S/C16H21NO6/c1-10-7-11(3-4-13(10)21-2)16(20)17-12-8-22-6-5-14(12)23-9-15(18)19/h3-4,7,12,14H,5-6,8-9H2,1-2H3,(H,17,20)(H,18,19)/t12-,14+/m1/s1. The number of carboxylic acids is 1. The molecule has 0 radical (unpaired) electrons. The van der Waals surface area contributed by atoms with Gasteiger partial charge in [-0.1, -0.05) is 0 Å². The van der Waals surface area contributed by atoms with Gasteiger partial charge >= 0.3 is 5.97 Å². The minimum absolute atomic E-state index is 0.254.